The Morgan fingerprint density at radius 3 is 2.60 bits per heavy atom. The lowest BCUT2D eigenvalue weighted by atomic mass is 10.0. The average Bonchev–Trinajstić information content (AvgIpc) is 3.37. The smallest absolute Gasteiger partial charge is 0.421 e. The normalized spacial score (nSPS) is 11.8. The first-order valence-electron chi connectivity index (χ1n) is 12.0. The molecule has 0 radical (unpaired) electrons. The van der Waals surface area contributed by atoms with Crippen LogP contribution in [0.1, 0.15) is 33.9 Å². The van der Waals surface area contributed by atoms with Gasteiger partial charge in [0.25, 0.3) is 5.56 Å². The number of thiazole rings is 1. The molecule has 40 heavy (non-hydrogen) atoms. The summed E-state index contributed by atoms with van der Waals surface area (Å²) in [5.41, 5.74) is 3.27. The summed E-state index contributed by atoms with van der Waals surface area (Å²) in [4.78, 5) is 26.8. The summed E-state index contributed by atoms with van der Waals surface area (Å²) in [6, 6.07) is 10.9. The number of aromatic nitrogens is 4. The van der Waals surface area contributed by atoms with Crippen molar-refractivity contribution >= 4 is 33.8 Å². The van der Waals surface area contributed by atoms with Crippen molar-refractivity contribution in [1.82, 2.24) is 19.5 Å². The summed E-state index contributed by atoms with van der Waals surface area (Å²) in [7, 11) is 0. The fourth-order valence-corrected chi connectivity index (χ4v) is 5.60. The molecule has 0 aliphatic carbocycles. The highest BCUT2D eigenvalue weighted by Crippen LogP contribution is 2.37. The van der Waals surface area contributed by atoms with E-state index in [1.165, 1.54) is 23.6 Å². The minimum absolute atomic E-state index is 0.0678. The molecule has 4 heterocycles. The zero-order valence-corrected chi connectivity index (χ0v) is 22.9. The van der Waals surface area contributed by atoms with Crippen LogP contribution in [0.5, 0.6) is 5.75 Å². The number of aliphatic hydroxyl groups excluding tert-OH is 1. The molecule has 4 aromatic heterocycles. The lowest BCUT2D eigenvalue weighted by Crippen LogP contribution is -2.29. The summed E-state index contributed by atoms with van der Waals surface area (Å²) in [6.07, 6.45) is -3.50. The zero-order valence-electron chi connectivity index (χ0n) is 21.3. The molecule has 5 aromatic rings. The molecule has 0 aliphatic rings. The van der Waals surface area contributed by atoms with Crippen molar-refractivity contribution in [3.8, 4) is 16.2 Å². The van der Waals surface area contributed by atoms with E-state index in [4.69, 9.17) is 16.3 Å². The van der Waals surface area contributed by atoms with Gasteiger partial charge in [-0.25, -0.2) is 9.97 Å². The van der Waals surface area contributed by atoms with Crippen LogP contribution in [0.15, 0.2) is 59.0 Å². The Labute approximate surface area is 235 Å². The molecular formula is C28H22ClF3N4O3S. The minimum Gasteiger partial charge on any atom is -0.486 e. The summed E-state index contributed by atoms with van der Waals surface area (Å²) in [6.45, 7) is 3.06. The molecular weight excluding hydrogens is 565 g/mol. The van der Waals surface area contributed by atoms with Gasteiger partial charge in [0.2, 0.25) is 0 Å². The van der Waals surface area contributed by atoms with Crippen LogP contribution >= 0.6 is 22.9 Å². The van der Waals surface area contributed by atoms with Crippen LogP contribution in [-0.2, 0) is 25.9 Å². The van der Waals surface area contributed by atoms with Crippen LogP contribution in [0.4, 0.5) is 13.2 Å². The minimum atomic E-state index is -4.78. The maximum absolute atomic E-state index is 13.3. The third-order valence-electron chi connectivity index (χ3n) is 6.27. The molecule has 0 saturated heterocycles. The maximum atomic E-state index is 13.3. The van der Waals surface area contributed by atoms with Crippen molar-refractivity contribution in [2.45, 2.75) is 39.8 Å². The van der Waals surface area contributed by atoms with Crippen molar-refractivity contribution in [2.24, 2.45) is 0 Å². The van der Waals surface area contributed by atoms with E-state index >= 15 is 0 Å². The van der Waals surface area contributed by atoms with E-state index in [2.05, 4.69) is 15.0 Å². The highest BCUT2D eigenvalue weighted by atomic mass is 35.5. The number of alkyl halides is 3. The van der Waals surface area contributed by atoms with E-state index in [0.717, 1.165) is 32.2 Å². The number of para-hydroxylation sites is 1. The first kappa shape index (κ1) is 27.8. The summed E-state index contributed by atoms with van der Waals surface area (Å²) < 4.78 is 47.1. The summed E-state index contributed by atoms with van der Waals surface area (Å²) in [5, 5.41) is 10.8. The van der Waals surface area contributed by atoms with Crippen LogP contribution in [-0.4, -0.2) is 24.6 Å². The number of ether oxygens (including phenoxy) is 1. The molecule has 0 aliphatic heterocycles. The maximum Gasteiger partial charge on any atom is 0.421 e. The number of pyridine rings is 3. The highest BCUT2D eigenvalue weighted by Gasteiger charge is 2.34. The van der Waals surface area contributed by atoms with Gasteiger partial charge >= 0.3 is 6.18 Å². The molecule has 0 amide bonds. The Morgan fingerprint density at radius 2 is 1.85 bits per heavy atom. The van der Waals surface area contributed by atoms with Gasteiger partial charge in [0.15, 0.2) is 0 Å². The predicted molar refractivity (Wildman–Crippen MR) is 147 cm³/mol. The second kappa shape index (κ2) is 11.0. The van der Waals surface area contributed by atoms with Gasteiger partial charge in [-0.3, -0.25) is 9.78 Å². The van der Waals surface area contributed by atoms with Crippen LogP contribution in [0, 0.1) is 13.8 Å². The summed E-state index contributed by atoms with van der Waals surface area (Å²) in [5.74, 6) is 0.455. The monoisotopic (exact) mass is 586 g/mol. The van der Waals surface area contributed by atoms with Crippen LogP contribution in [0.3, 0.4) is 0 Å². The highest BCUT2D eigenvalue weighted by molar-refractivity contribution is 7.13. The standard InChI is InChI=1S/C28H22ClF3N4O3S/c1-15-9-18(26-23(12-37)33-14-40-26)17-5-3-7-24(25(17)35-15)39-13-19-21(29)10-16(2)34-22(19)11-36-8-4-6-20(27(36)38)28(30,31)32/h3-10,14,37H,11-13H2,1-2H3. The van der Waals surface area contributed by atoms with E-state index in [-0.39, 0.29) is 19.8 Å². The molecule has 0 saturated carbocycles. The second-order valence-electron chi connectivity index (χ2n) is 9.06. The Bertz CT molecular complexity index is 1790. The molecule has 0 fully saturated rings. The number of aliphatic hydroxyl groups is 1. The quantitative estimate of drug-likeness (QED) is 0.240. The Morgan fingerprint density at radius 1 is 1.07 bits per heavy atom. The van der Waals surface area contributed by atoms with Gasteiger partial charge in [0, 0.05) is 34.1 Å². The third-order valence-corrected chi connectivity index (χ3v) is 7.51. The number of aryl methyl sites for hydroxylation is 2. The Hall–Kier alpha value is -3.80. The number of rotatable bonds is 7. The first-order valence-corrected chi connectivity index (χ1v) is 13.3. The molecule has 7 nitrogen and oxygen atoms in total. The number of benzene rings is 1. The fourth-order valence-electron chi connectivity index (χ4n) is 4.45. The van der Waals surface area contributed by atoms with Gasteiger partial charge in [0.1, 0.15) is 23.4 Å². The van der Waals surface area contributed by atoms with Gasteiger partial charge in [-0.1, -0.05) is 23.7 Å². The number of hydrogen-bond acceptors (Lipinski definition) is 7. The Balaban J connectivity index is 1.52. The molecule has 1 aromatic carbocycles. The summed E-state index contributed by atoms with van der Waals surface area (Å²) >= 11 is 7.96. The SMILES string of the molecule is Cc1cc(Cl)c(COc2cccc3c(-c4scnc4CO)cc(C)nc23)c(Cn2cccc(C(F)(F)F)c2=O)n1. The van der Waals surface area contributed by atoms with E-state index in [0.29, 0.717) is 38.9 Å². The largest absolute Gasteiger partial charge is 0.486 e. The van der Waals surface area contributed by atoms with Gasteiger partial charge < -0.3 is 14.4 Å². The van der Waals surface area contributed by atoms with Gasteiger partial charge in [-0.15, -0.1) is 11.3 Å². The second-order valence-corrected chi connectivity index (χ2v) is 10.3. The topological polar surface area (TPSA) is 90.1 Å². The molecule has 0 unspecified atom stereocenters. The predicted octanol–water partition coefficient (Wildman–Crippen LogP) is 6.32. The zero-order chi connectivity index (χ0) is 28.6. The first-order chi connectivity index (χ1) is 19.1. The number of nitrogens with zero attached hydrogens (tertiary/aromatic N) is 4. The third kappa shape index (κ3) is 5.45. The van der Waals surface area contributed by atoms with E-state index in [9.17, 15) is 23.1 Å². The average molecular weight is 587 g/mol. The van der Waals surface area contributed by atoms with Gasteiger partial charge in [-0.05, 0) is 44.2 Å². The molecule has 0 atom stereocenters. The van der Waals surface area contributed by atoms with E-state index in [1.54, 1.807) is 24.6 Å². The van der Waals surface area contributed by atoms with Crippen molar-refractivity contribution in [3.63, 3.8) is 0 Å². The van der Waals surface area contributed by atoms with Crippen molar-refractivity contribution in [2.75, 3.05) is 0 Å². The Kier molecular flexibility index (Phi) is 7.63. The number of fused-ring (bicyclic) bond motifs is 1. The molecule has 1 N–H and O–H groups in total. The van der Waals surface area contributed by atoms with E-state index in [1.807, 2.05) is 25.1 Å². The van der Waals surface area contributed by atoms with Crippen LogP contribution < -0.4 is 10.3 Å². The lowest BCUT2D eigenvalue weighted by Gasteiger charge is -2.16. The molecule has 12 heteroatoms. The fraction of sp³-hybridized carbons (Fsp3) is 0.214. The lowest BCUT2D eigenvalue weighted by molar-refractivity contribution is -0.138. The van der Waals surface area contributed by atoms with Crippen molar-refractivity contribution in [1.29, 1.82) is 0 Å². The van der Waals surface area contributed by atoms with Crippen molar-refractivity contribution in [3.05, 3.63) is 103 Å². The molecule has 5 rings (SSSR count). The molecule has 0 spiro atoms. The number of halogens is 4. The van der Waals surface area contributed by atoms with Crippen LogP contribution in [0.2, 0.25) is 5.02 Å². The van der Waals surface area contributed by atoms with Crippen molar-refractivity contribution < 1.29 is 23.0 Å². The van der Waals surface area contributed by atoms with Gasteiger partial charge in [0.05, 0.1) is 39.9 Å². The molecule has 206 valence electrons. The van der Waals surface area contributed by atoms with Gasteiger partial charge in [-0.2, -0.15) is 13.2 Å². The van der Waals surface area contributed by atoms with Crippen LogP contribution in [0.25, 0.3) is 21.3 Å². The number of hydrogen-bond donors (Lipinski definition) is 1. The molecule has 0 bridgehead atoms. The van der Waals surface area contributed by atoms with E-state index < -0.39 is 17.3 Å².